The average Bonchev–Trinajstić information content (AvgIpc) is 3.27. The Kier molecular flexibility index (Phi) is 7.55. The number of nitrogens with zero attached hydrogens (tertiary/aromatic N) is 4. The maximum atomic E-state index is 14.5. The summed E-state index contributed by atoms with van der Waals surface area (Å²) in [6.45, 7) is 1.19. The van der Waals surface area contributed by atoms with Crippen LogP contribution in [-0.4, -0.2) is 40.4 Å². The Morgan fingerprint density at radius 1 is 1.10 bits per heavy atom. The lowest BCUT2D eigenvalue weighted by molar-refractivity contribution is -0.344. The average molecular weight is 580 g/mol. The predicted molar refractivity (Wildman–Crippen MR) is 132 cm³/mol. The molecule has 4 heterocycles. The fourth-order valence-corrected chi connectivity index (χ4v) is 4.79. The zero-order valence-corrected chi connectivity index (χ0v) is 21.5. The number of pyridine rings is 2. The zero-order chi connectivity index (χ0) is 28.7. The maximum absolute atomic E-state index is 14.5. The van der Waals surface area contributed by atoms with Crippen molar-refractivity contribution in [2.75, 3.05) is 31.2 Å². The standard InChI is InChI=1S/C25H23F4N4O6P/c26-23-17(2-1-3-21(23)25(27,28)29)13-32-5-4-16(10-22(32)34)20-14-33(15-39-40(35,36)37)24-19(20)11-18(12-30-24)31-6-8-38-9-7-31/h1-5,10-12,14H,6-9,13,15H2,(H2,35,36,37)/p-2. The van der Waals surface area contributed by atoms with E-state index in [2.05, 4.69) is 9.51 Å². The number of aromatic nitrogens is 3. The Hall–Kier alpha value is -3.55. The summed E-state index contributed by atoms with van der Waals surface area (Å²) in [6.07, 6.45) is -0.502. The van der Waals surface area contributed by atoms with Gasteiger partial charge in [0.2, 0.25) is 0 Å². The number of hydrogen-bond donors (Lipinski definition) is 0. The third kappa shape index (κ3) is 5.96. The summed E-state index contributed by atoms with van der Waals surface area (Å²) in [7, 11) is -5.29. The molecule has 0 radical (unpaired) electrons. The second kappa shape index (κ2) is 10.8. The van der Waals surface area contributed by atoms with Gasteiger partial charge in [0, 0.05) is 48.1 Å². The van der Waals surface area contributed by atoms with E-state index in [4.69, 9.17) is 4.74 Å². The molecule has 0 spiro atoms. The van der Waals surface area contributed by atoms with Gasteiger partial charge in [0.05, 0.1) is 45.0 Å². The van der Waals surface area contributed by atoms with E-state index in [0.29, 0.717) is 48.9 Å². The van der Waals surface area contributed by atoms with Crippen LogP contribution in [0.2, 0.25) is 0 Å². The maximum Gasteiger partial charge on any atom is 0.419 e. The largest absolute Gasteiger partial charge is 0.790 e. The van der Waals surface area contributed by atoms with Gasteiger partial charge in [-0.25, -0.2) is 9.37 Å². The van der Waals surface area contributed by atoms with Gasteiger partial charge >= 0.3 is 6.18 Å². The highest BCUT2D eigenvalue weighted by molar-refractivity contribution is 7.43. The molecule has 1 aromatic carbocycles. The minimum absolute atomic E-state index is 0.288. The van der Waals surface area contributed by atoms with Gasteiger partial charge < -0.3 is 37.6 Å². The summed E-state index contributed by atoms with van der Waals surface area (Å²) in [5, 5.41) is 0.528. The second-order valence-corrected chi connectivity index (χ2v) is 10.2. The number of ether oxygens (including phenoxy) is 1. The van der Waals surface area contributed by atoms with Crippen molar-refractivity contribution < 1.29 is 41.2 Å². The third-order valence-electron chi connectivity index (χ3n) is 6.46. The highest BCUT2D eigenvalue weighted by atomic mass is 31.2. The molecule has 0 N–H and O–H groups in total. The molecule has 0 aliphatic carbocycles. The van der Waals surface area contributed by atoms with Crippen molar-refractivity contribution in [2.45, 2.75) is 19.5 Å². The molecule has 1 saturated heterocycles. The molecule has 1 fully saturated rings. The van der Waals surface area contributed by atoms with Crippen LogP contribution in [0.5, 0.6) is 0 Å². The number of halogens is 4. The first-order valence-corrected chi connectivity index (χ1v) is 13.4. The number of phosphoric ester groups is 1. The van der Waals surface area contributed by atoms with Gasteiger partial charge in [-0.2, -0.15) is 13.2 Å². The Morgan fingerprint density at radius 2 is 1.85 bits per heavy atom. The molecule has 40 heavy (non-hydrogen) atoms. The third-order valence-corrected chi connectivity index (χ3v) is 6.89. The monoisotopic (exact) mass is 580 g/mol. The molecule has 0 unspecified atom stereocenters. The molecule has 3 aromatic heterocycles. The van der Waals surface area contributed by atoms with E-state index in [-0.39, 0.29) is 11.2 Å². The topological polar surface area (TPSA) is 125 Å². The minimum Gasteiger partial charge on any atom is -0.790 e. The molecule has 1 aliphatic rings. The van der Waals surface area contributed by atoms with Gasteiger partial charge in [0.1, 0.15) is 18.2 Å². The molecular weight excluding hydrogens is 559 g/mol. The fraction of sp³-hybridized carbons (Fsp3) is 0.280. The lowest BCUT2D eigenvalue weighted by atomic mass is 10.1. The van der Waals surface area contributed by atoms with Gasteiger partial charge in [-0.1, -0.05) is 12.1 Å². The van der Waals surface area contributed by atoms with Gasteiger partial charge in [-0.15, -0.1) is 0 Å². The second-order valence-electron chi connectivity index (χ2n) is 9.04. The van der Waals surface area contributed by atoms with E-state index in [0.717, 1.165) is 16.3 Å². The van der Waals surface area contributed by atoms with Crippen LogP contribution in [0.3, 0.4) is 0 Å². The van der Waals surface area contributed by atoms with E-state index < -0.39 is 44.2 Å². The molecule has 4 aromatic rings. The Morgan fingerprint density at radius 3 is 2.52 bits per heavy atom. The molecule has 10 nitrogen and oxygen atoms in total. The normalized spacial score (nSPS) is 14.7. The van der Waals surface area contributed by atoms with Crippen LogP contribution < -0.4 is 20.2 Å². The Bertz CT molecular complexity index is 1660. The summed E-state index contributed by atoms with van der Waals surface area (Å²) in [5.41, 5.74) is -0.470. The number of alkyl halides is 3. The van der Waals surface area contributed by atoms with E-state index in [1.165, 1.54) is 35.2 Å². The van der Waals surface area contributed by atoms with Crippen LogP contribution in [0.1, 0.15) is 11.1 Å². The highest BCUT2D eigenvalue weighted by Gasteiger charge is 2.34. The first-order valence-electron chi connectivity index (χ1n) is 11.9. The summed E-state index contributed by atoms with van der Waals surface area (Å²) in [4.78, 5) is 41.6. The van der Waals surface area contributed by atoms with E-state index in [1.54, 1.807) is 12.3 Å². The van der Waals surface area contributed by atoms with Crippen molar-refractivity contribution in [3.8, 4) is 11.1 Å². The number of benzene rings is 1. The molecule has 0 saturated carbocycles. The first-order chi connectivity index (χ1) is 18.9. The summed E-state index contributed by atoms with van der Waals surface area (Å²) in [5.74, 6) is -1.45. The van der Waals surface area contributed by atoms with Crippen molar-refractivity contribution in [1.82, 2.24) is 14.1 Å². The molecule has 15 heteroatoms. The van der Waals surface area contributed by atoms with Crippen LogP contribution in [0, 0.1) is 5.82 Å². The molecule has 0 atom stereocenters. The fourth-order valence-electron chi connectivity index (χ4n) is 4.53. The van der Waals surface area contributed by atoms with E-state index in [9.17, 15) is 36.7 Å². The van der Waals surface area contributed by atoms with E-state index >= 15 is 0 Å². The van der Waals surface area contributed by atoms with Crippen molar-refractivity contribution in [3.63, 3.8) is 0 Å². The van der Waals surface area contributed by atoms with Crippen molar-refractivity contribution in [2.24, 2.45) is 0 Å². The van der Waals surface area contributed by atoms with Crippen LogP contribution in [0.15, 0.2) is 59.8 Å². The number of hydrogen-bond acceptors (Lipinski definition) is 8. The number of rotatable bonds is 7. The molecule has 212 valence electrons. The van der Waals surface area contributed by atoms with Gasteiger partial charge in [-0.3, -0.25) is 4.79 Å². The van der Waals surface area contributed by atoms with Crippen molar-refractivity contribution in [1.29, 1.82) is 0 Å². The molecular formula is C25H21F4N4O6P-2. The Labute approximate surface area is 224 Å². The molecule has 1 aliphatic heterocycles. The summed E-state index contributed by atoms with van der Waals surface area (Å²) in [6, 6.07) is 7.40. The highest BCUT2D eigenvalue weighted by Crippen LogP contribution is 2.35. The SMILES string of the molecule is O=c1cc(-c2cn(COP(=O)([O-])[O-])c3ncc(N4CCOCC4)cc23)ccn1Cc1cccc(C(F)(F)F)c1F. The van der Waals surface area contributed by atoms with Gasteiger partial charge in [0.25, 0.3) is 5.56 Å². The smallest absolute Gasteiger partial charge is 0.419 e. The minimum atomic E-state index is -5.29. The molecule has 0 amide bonds. The number of phosphoric acid groups is 1. The number of anilines is 1. The summed E-state index contributed by atoms with van der Waals surface area (Å²) < 4.78 is 77.1. The number of morpholine rings is 1. The first kappa shape index (κ1) is 28.0. The quantitative estimate of drug-likeness (QED) is 0.242. The summed E-state index contributed by atoms with van der Waals surface area (Å²) >= 11 is 0. The Balaban J connectivity index is 1.53. The van der Waals surface area contributed by atoms with Crippen LogP contribution >= 0.6 is 7.82 Å². The van der Waals surface area contributed by atoms with Crippen molar-refractivity contribution >= 4 is 24.5 Å². The lowest BCUT2D eigenvalue weighted by Gasteiger charge is -2.29. The van der Waals surface area contributed by atoms with E-state index in [1.807, 2.05) is 4.90 Å². The van der Waals surface area contributed by atoms with Gasteiger partial charge in [0.15, 0.2) is 0 Å². The van der Waals surface area contributed by atoms with Crippen LogP contribution in [0.4, 0.5) is 23.2 Å². The van der Waals surface area contributed by atoms with Crippen LogP contribution in [-0.2, 0) is 33.3 Å². The number of fused-ring (bicyclic) bond motifs is 1. The predicted octanol–water partition coefficient (Wildman–Crippen LogP) is 2.71. The molecule has 5 rings (SSSR count). The lowest BCUT2D eigenvalue weighted by Crippen LogP contribution is -2.36. The zero-order valence-electron chi connectivity index (χ0n) is 20.6. The van der Waals surface area contributed by atoms with Gasteiger partial charge in [-0.05, 0) is 23.8 Å². The van der Waals surface area contributed by atoms with Crippen molar-refractivity contribution in [3.05, 3.63) is 82.3 Å². The van der Waals surface area contributed by atoms with Crippen LogP contribution in [0.25, 0.3) is 22.2 Å². The molecule has 0 bridgehead atoms.